The fraction of sp³-hybridized carbons (Fsp3) is 0.125. The molecule has 0 saturated heterocycles. The fourth-order valence-electron chi connectivity index (χ4n) is 3.43. The topological polar surface area (TPSA) is 101 Å². The SMILES string of the molecule is Cc1ccccc1C(=O)Nc1nnc(S(=O)(=O)N[C@H](c2ccccc2)c2ccccc2C)s1. The maximum absolute atomic E-state index is 13.2. The van der Waals surface area contributed by atoms with Crippen LogP contribution < -0.4 is 10.0 Å². The molecule has 7 nitrogen and oxygen atoms in total. The molecule has 1 heterocycles. The van der Waals surface area contributed by atoms with Crippen LogP contribution in [0.1, 0.15) is 38.7 Å². The zero-order valence-electron chi connectivity index (χ0n) is 18.0. The predicted octanol–water partition coefficient (Wildman–Crippen LogP) is 4.48. The number of hydrogen-bond acceptors (Lipinski definition) is 6. The van der Waals surface area contributed by atoms with E-state index in [-0.39, 0.29) is 15.4 Å². The minimum atomic E-state index is -4.02. The van der Waals surface area contributed by atoms with Crippen LogP contribution in [0.4, 0.5) is 5.13 Å². The van der Waals surface area contributed by atoms with Gasteiger partial charge in [-0.1, -0.05) is 84.1 Å². The van der Waals surface area contributed by atoms with Gasteiger partial charge in [0.05, 0.1) is 6.04 Å². The molecular formula is C24H22N4O3S2. The van der Waals surface area contributed by atoms with Crippen LogP contribution in [-0.4, -0.2) is 24.5 Å². The standard InChI is InChI=1S/C24H22N4O3S2/c1-16-10-6-8-14-19(16)21(18-12-4-3-5-13-18)28-33(30,31)24-27-26-23(32-24)25-22(29)20-15-9-7-11-17(20)2/h3-15,21,28H,1-2H3,(H,25,26,29)/t21-/m1/s1. The Hall–Kier alpha value is -3.40. The Labute approximate surface area is 196 Å². The van der Waals surface area contributed by atoms with Gasteiger partial charge in [-0.3, -0.25) is 10.1 Å². The number of carbonyl (C=O) groups is 1. The van der Waals surface area contributed by atoms with Gasteiger partial charge in [-0.25, -0.2) is 8.42 Å². The van der Waals surface area contributed by atoms with Crippen molar-refractivity contribution in [2.24, 2.45) is 0 Å². The average Bonchev–Trinajstić information content (AvgIpc) is 3.28. The Bertz CT molecular complexity index is 1390. The Balaban J connectivity index is 1.60. The molecule has 2 N–H and O–H groups in total. The first kappa shape index (κ1) is 22.8. The first-order chi connectivity index (χ1) is 15.8. The Morgan fingerprint density at radius 2 is 1.48 bits per heavy atom. The van der Waals surface area contributed by atoms with Gasteiger partial charge in [0.1, 0.15) is 0 Å². The van der Waals surface area contributed by atoms with Gasteiger partial charge in [-0.15, -0.1) is 10.2 Å². The number of aromatic nitrogens is 2. The molecule has 3 aromatic carbocycles. The summed E-state index contributed by atoms with van der Waals surface area (Å²) >= 11 is 0.801. The summed E-state index contributed by atoms with van der Waals surface area (Å²) < 4.78 is 28.9. The van der Waals surface area contributed by atoms with Gasteiger partial charge in [0.15, 0.2) is 0 Å². The lowest BCUT2D eigenvalue weighted by molar-refractivity contribution is 0.102. The van der Waals surface area contributed by atoms with Crippen molar-refractivity contribution in [2.45, 2.75) is 24.2 Å². The second-order valence-electron chi connectivity index (χ2n) is 7.46. The highest BCUT2D eigenvalue weighted by Crippen LogP contribution is 2.28. The van der Waals surface area contributed by atoms with Crippen LogP contribution in [0.5, 0.6) is 0 Å². The largest absolute Gasteiger partial charge is 0.296 e. The van der Waals surface area contributed by atoms with Gasteiger partial charge in [0.25, 0.3) is 15.9 Å². The van der Waals surface area contributed by atoms with E-state index in [9.17, 15) is 13.2 Å². The number of nitrogens with one attached hydrogen (secondary N) is 2. The van der Waals surface area contributed by atoms with E-state index in [0.29, 0.717) is 5.56 Å². The van der Waals surface area contributed by atoms with Crippen LogP contribution in [0.15, 0.2) is 83.2 Å². The first-order valence-electron chi connectivity index (χ1n) is 10.2. The quantitative estimate of drug-likeness (QED) is 0.382. The molecule has 4 aromatic rings. The monoisotopic (exact) mass is 478 g/mol. The third-order valence-electron chi connectivity index (χ3n) is 5.15. The third-order valence-corrected chi connectivity index (χ3v) is 7.78. The molecule has 0 aliphatic rings. The van der Waals surface area contributed by atoms with Crippen molar-refractivity contribution >= 4 is 32.4 Å². The molecule has 0 radical (unpaired) electrons. The number of aryl methyl sites for hydroxylation is 2. The normalized spacial score (nSPS) is 12.3. The summed E-state index contributed by atoms with van der Waals surface area (Å²) in [6, 6.07) is 23.4. The molecule has 168 valence electrons. The summed E-state index contributed by atoms with van der Waals surface area (Å²) in [5, 5.41) is 10.4. The number of anilines is 1. The minimum Gasteiger partial charge on any atom is -0.296 e. The molecule has 1 aromatic heterocycles. The average molecular weight is 479 g/mol. The zero-order chi connectivity index (χ0) is 23.4. The van der Waals surface area contributed by atoms with Gasteiger partial charge in [-0.2, -0.15) is 4.72 Å². The lowest BCUT2D eigenvalue weighted by atomic mass is 9.96. The number of hydrogen-bond donors (Lipinski definition) is 2. The van der Waals surface area contributed by atoms with Crippen molar-refractivity contribution in [1.82, 2.24) is 14.9 Å². The van der Waals surface area contributed by atoms with Crippen molar-refractivity contribution in [3.8, 4) is 0 Å². The number of amides is 1. The molecule has 0 spiro atoms. The number of benzene rings is 3. The van der Waals surface area contributed by atoms with Gasteiger partial charge < -0.3 is 0 Å². The molecule has 0 bridgehead atoms. The predicted molar refractivity (Wildman–Crippen MR) is 129 cm³/mol. The first-order valence-corrected chi connectivity index (χ1v) is 12.5. The number of nitrogens with zero attached hydrogens (tertiary/aromatic N) is 2. The van der Waals surface area contributed by atoms with Gasteiger partial charge in [0, 0.05) is 5.56 Å². The van der Waals surface area contributed by atoms with Crippen LogP contribution in [0.2, 0.25) is 0 Å². The van der Waals surface area contributed by atoms with Crippen LogP contribution >= 0.6 is 11.3 Å². The number of carbonyl (C=O) groups excluding carboxylic acids is 1. The lowest BCUT2D eigenvalue weighted by Gasteiger charge is -2.20. The third kappa shape index (κ3) is 5.16. The molecule has 0 aliphatic heterocycles. The smallest absolute Gasteiger partial charge is 0.270 e. The molecule has 33 heavy (non-hydrogen) atoms. The van der Waals surface area contributed by atoms with E-state index < -0.39 is 16.1 Å². The van der Waals surface area contributed by atoms with Crippen molar-refractivity contribution in [2.75, 3.05) is 5.32 Å². The number of sulfonamides is 1. The van der Waals surface area contributed by atoms with Crippen molar-refractivity contribution in [1.29, 1.82) is 0 Å². The van der Waals surface area contributed by atoms with E-state index in [4.69, 9.17) is 0 Å². The maximum atomic E-state index is 13.2. The molecule has 0 unspecified atom stereocenters. The van der Waals surface area contributed by atoms with E-state index in [1.165, 1.54) is 0 Å². The van der Waals surface area contributed by atoms with E-state index in [2.05, 4.69) is 20.2 Å². The molecular weight excluding hydrogens is 456 g/mol. The van der Waals surface area contributed by atoms with Crippen LogP contribution in [-0.2, 0) is 10.0 Å². The van der Waals surface area contributed by atoms with Gasteiger partial charge in [0.2, 0.25) is 9.47 Å². The highest BCUT2D eigenvalue weighted by atomic mass is 32.2. The van der Waals surface area contributed by atoms with Crippen LogP contribution in [0.25, 0.3) is 0 Å². The summed E-state index contributed by atoms with van der Waals surface area (Å²) in [5.41, 5.74) is 3.88. The van der Waals surface area contributed by atoms with Gasteiger partial charge >= 0.3 is 0 Å². The van der Waals surface area contributed by atoms with Crippen LogP contribution in [0.3, 0.4) is 0 Å². The van der Waals surface area contributed by atoms with E-state index in [0.717, 1.165) is 33.6 Å². The lowest BCUT2D eigenvalue weighted by Crippen LogP contribution is -2.30. The fourth-order valence-corrected chi connectivity index (χ4v) is 5.55. The molecule has 0 aliphatic carbocycles. The Morgan fingerprint density at radius 1 is 0.848 bits per heavy atom. The number of rotatable bonds is 7. The summed E-state index contributed by atoms with van der Waals surface area (Å²) in [6.07, 6.45) is 0. The highest BCUT2D eigenvalue weighted by Gasteiger charge is 2.27. The van der Waals surface area contributed by atoms with Gasteiger partial charge in [-0.05, 0) is 42.2 Å². The molecule has 1 atom stereocenters. The molecule has 0 saturated carbocycles. The van der Waals surface area contributed by atoms with E-state index in [1.807, 2.05) is 80.6 Å². The molecule has 1 amide bonds. The Kier molecular flexibility index (Phi) is 6.64. The Morgan fingerprint density at radius 3 is 2.18 bits per heavy atom. The second-order valence-corrected chi connectivity index (χ2v) is 10.3. The van der Waals surface area contributed by atoms with Crippen LogP contribution in [0, 0.1) is 13.8 Å². The minimum absolute atomic E-state index is 0.107. The van der Waals surface area contributed by atoms with E-state index >= 15 is 0 Å². The highest BCUT2D eigenvalue weighted by molar-refractivity contribution is 7.91. The molecule has 4 rings (SSSR count). The summed E-state index contributed by atoms with van der Waals surface area (Å²) in [4.78, 5) is 12.5. The van der Waals surface area contributed by atoms with Crippen molar-refractivity contribution < 1.29 is 13.2 Å². The zero-order valence-corrected chi connectivity index (χ0v) is 19.7. The molecule has 9 heteroatoms. The summed E-state index contributed by atoms with van der Waals surface area (Å²) in [7, 11) is -4.02. The van der Waals surface area contributed by atoms with Crippen molar-refractivity contribution in [3.63, 3.8) is 0 Å². The summed E-state index contributed by atoms with van der Waals surface area (Å²) in [5.74, 6) is -0.372. The van der Waals surface area contributed by atoms with Crippen molar-refractivity contribution in [3.05, 3.63) is 107 Å². The summed E-state index contributed by atoms with van der Waals surface area (Å²) in [6.45, 7) is 3.76. The maximum Gasteiger partial charge on any atom is 0.270 e. The molecule has 0 fully saturated rings. The second kappa shape index (κ2) is 9.62. The van der Waals surface area contributed by atoms with E-state index in [1.54, 1.807) is 12.1 Å².